The van der Waals surface area contributed by atoms with Crippen LogP contribution in [0.5, 0.6) is 0 Å². The topological polar surface area (TPSA) is 111 Å². The van der Waals surface area contributed by atoms with E-state index in [0.717, 1.165) is 17.0 Å². The van der Waals surface area contributed by atoms with E-state index in [1.807, 2.05) is 0 Å². The van der Waals surface area contributed by atoms with Crippen LogP contribution in [-0.4, -0.2) is 20.4 Å². The first kappa shape index (κ1) is 19.6. The molecule has 2 amide bonds. The zero-order chi connectivity index (χ0) is 21.5. The number of halogens is 3. The minimum absolute atomic E-state index is 0.00169. The minimum Gasteiger partial charge on any atom is -0.383 e. The van der Waals surface area contributed by atoms with Gasteiger partial charge in [0.15, 0.2) is 0 Å². The van der Waals surface area contributed by atoms with Gasteiger partial charge in [0.1, 0.15) is 17.0 Å². The second-order valence-corrected chi connectivity index (χ2v) is 6.99. The van der Waals surface area contributed by atoms with Crippen LogP contribution in [0.3, 0.4) is 0 Å². The lowest BCUT2D eigenvalue weighted by Crippen LogP contribution is -2.31. The number of nitrogen functional groups attached to an aromatic ring is 1. The number of nitrogens with zero attached hydrogens (tertiary/aromatic N) is 4. The number of urea groups is 1. The summed E-state index contributed by atoms with van der Waals surface area (Å²) in [6.07, 6.45) is -3.20. The molecular formula is C19H13F3N6OS. The average molecular weight is 430 g/mol. The Bertz CT molecular complexity index is 1240. The van der Waals surface area contributed by atoms with Gasteiger partial charge in [0.25, 0.3) is 0 Å². The number of alkyl halides is 3. The van der Waals surface area contributed by atoms with E-state index in [0.29, 0.717) is 27.2 Å². The molecule has 152 valence electrons. The van der Waals surface area contributed by atoms with Crippen LogP contribution in [0.15, 0.2) is 54.9 Å². The van der Waals surface area contributed by atoms with E-state index >= 15 is 0 Å². The highest BCUT2D eigenvalue weighted by atomic mass is 32.1. The number of carbonyl (C=O) groups is 1. The van der Waals surface area contributed by atoms with Crippen molar-refractivity contribution in [3.8, 4) is 11.3 Å². The van der Waals surface area contributed by atoms with E-state index in [9.17, 15) is 18.0 Å². The number of carbonyl (C=O) groups excluding carboxylic acids is 1. The van der Waals surface area contributed by atoms with Gasteiger partial charge >= 0.3 is 12.2 Å². The smallest absolute Gasteiger partial charge is 0.383 e. The Balaban J connectivity index is 1.74. The molecule has 0 aliphatic rings. The Kier molecular flexibility index (Phi) is 4.74. The fraction of sp³-hybridized carbons (Fsp3) is 0.0526. The second kappa shape index (κ2) is 7.26. The molecule has 0 atom stereocenters. The lowest BCUT2D eigenvalue weighted by atomic mass is 10.1. The predicted molar refractivity (Wildman–Crippen MR) is 108 cm³/mol. The standard InChI is InChI=1S/C19H13F3N6OS/c20-19(21,22)11-2-1-3-13(8-11)28(18(24)29)12-6-4-10(5-7-12)15-14-16(23)25-9-26-17(14)30-27-15/h1-9H,(H2,24,29)(H2,23,25,26). The van der Waals surface area contributed by atoms with E-state index < -0.39 is 17.8 Å². The number of benzene rings is 2. The van der Waals surface area contributed by atoms with Crippen molar-refractivity contribution in [3.63, 3.8) is 0 Å². The SMILES string of the molecule is NC(=O)N(c1ccc(-c2nsc3ncnc(N)c23)cc1)c1cccc(C(F)(F)F)c1. The molecule has 2 heterocycles. The number of rotatable bonds is 3. The summed E-state index contributed by atoms with van der Waals surface area (Å²) in [5, 5.41) is 0.611. The minimum atomic E-state index is -4.54. The van der Waals surface area contributed by atoms with Crippen LogP contribution in [-0.2, 0) is 6.18 Å². The molecule has 0 fully saturated rings. The van der Waals surface area contributed by atoms with Crippen LogP contribution >= 0.6 is 11.5 Å². The van der Waals surface area contributed by atoms with Crippen LogP contribution < -0.4 is 16.4 Å². The maximum atomic E-state index is 13.0. The molecule has 2 aromatic heterocycles. The summed E-state index contributed by atoms with van der Waals surface area (Å²) in [5.74, 6) is 0.288. The Morgan fingerprint density at radius 2 is 1.77 bits per heavy atom. The van der Waals surface area contributed by atoms with Crippen molar-refractivity contribution in [2.75, 3.05) is 10.6 Å². The molecule has 0 saturated carbocycles. The van der Waals surface area contributed by atoms with Gasteiger partial charge in [-0.25, -0.2) is 14.8 Å². The molecule has 0 aliphatic carbocycles. The van der Waals surface area contributed by atoms with Gasteiger partial charge in [0.05, 0.1) is 28.0 Å². The van der Waals surface area contributed by atoms with Crippen LogP contribution in [0.25, 0.3) is 21.5 Å². The third-order valence-electron chi connectivity index (χ3n) is 4.35. The quantitative estimate of drug-likeness (QED) is 0.495. The first-order valence-electron chi connectivity index (χ1n) is 8.49. The molecule has 4 rings (SSSR count). The summed E-state index contributed by atoms with van der Waals surface area (Å²) in [7, 11) is 0. The molecule has 0 bridgehead atoms. The third-order valence-corrected chi connectivity index (χ3v) is 5.11. The predicted octanol–water partition coefficient (Wildman–Crippen LogP) is 4.57. The lowest BCUT2D eigenvalue weighted by Gasteiger charge is -2.22. The Morgan fingerprint density at radius 1 is 1.03 bits per heavy atom. The van der Waals surface area contributed by atoms with Crippen LogP contribution in [0, 0.1) is 0 Å². The number of primary amides is 1. The second-order valence-electron chi connectivity index (χ2n) is 6.24. The highest BCUT2D eigenvalue weighted by molar-refractivity contribution is 7.13. The fourth-order valence-corrected chi connectivity index (χ4v) is 3.76. The molecule has 0 spiro atoms. The van der Waals surface area contributed by atoms with Crippen LogP contribution in [0.4, 0.5) is 35.2 Å². The molecule has 0 aliphatic heterocycles. The van der Waals surface area contributed by atoms with Crippen molar-refractivity contribution in [2.45, 2.75) is 6.18 Å². The van der Waals surface area contributed by atoms with E-state index in [1.165, 1.54) is 30.0 Å². The zero-order valence-corrected chi connectivity index (χ0v) is 15.9. The van der Waals surface area contributed by atoms with Gasteiger partial charge in [0, 0.05) is 5.56 Å². The molecule has 30 heavy (non-hydrogen) atoms. The number of hydrogen-bond acceptors (Lipinski definition) is 6. The van der Waals surface area contributed by atoms with Crippen molar-refractivity contribution in [2.24, 2.45) is 5.73 Å². The van der Waals surface area contributed by atoms with E-state index in [2.05, 4.69) is 14.3 Å². The summed E-state index contributed by atoms with van der Waals surface area (Å²) in [5.41, 5.74) is 12.1. The largest absolute Gasteiger partial charge is 0.416 e. The average Bonchev–Trinajstić information content (AvgIpc) is 3.14. The maximum absolute atomic E-state index is 13.0. The highest BCUT2D eigenvalue weighted by Gasteiger charge is 2.31. The summed E-state index contributed by atoms with van der Waals surface area (Å²) < 4.78 is 43.5. The van der Waals surface area contributed by atoms with Gasteiger partial charge in [-0.15, -0.1) is 0 Å². The number of hydrogen-bond donors (Lipinski definition) is 2. The summed E-state index contributed by atoms with van der Waals surface area (Å²) in [6.45, 7) is 0. The van der Waals surface area contributed by atoms with Crippen molar-refractivity contribution in [1.82, 2.24) is 14.3 Å². The molecule has 11 heteroatoms. The summed E-state index contributed by atoms with van der Waals surface area (Å²) in [4.78, 5) is 21.7. The van der Waals surface area contributed by atoms with Gasteiger partial charge in [-0.1, -0.05) is 18.2 Å². The number of amides is 2. The third kappa shape index (κ3) is 3.50. The van der Waals surface area contributed by atoms with Gasteiger partial charge in [-0.3, -0.25) is 4.90 Å². The van der Waals surface area contributed by atoms with Gasteiger partial charge in [-0.2, -0.15) is 17.5 Å². The fourth-order valence-electron chi connectivity index (χ4n) is 3.00. The Labute approximate surface area is 171 Å². The number of aromatic nitrogens is 3. The molecule has 2 aromatic carbocycles. The molecule has 0 radical (unpaired) electrons. The Hall–Kier alpha value is -3.73. The first-order valence-corrected chi connectivity index (χ1v) is 9.26. The summed E-state index contributed by atoms with van der Waals surface area (Å²) >= 11 is 1.17. The molecule has 0 unspecified atom stereocenters. The first-order chi connectivity index (χ1) is 14.3. The molecular weight excluding hydrogens is 417 g/mol. The van der Waals surface area contributed by atoms with Crippen molar-refractivity contribution < 1.29 is 18.0 Å². The van der Waals surface area contributed by atoms with Crippen LogP contribution in [0.1, 0.15) is 5.56 Å². The van der Waals surface area contributed by atoms with Gasteiger partial charge < -0.3 is 11.5 Å². The number of anilines is 3. The van der Waals surface area contributed by atoms with E-state index in [1.54, 1.807) is 24.3 Å². The van der Waals surface area contributed by atoms with E-state index in [-0.39, 0.29) is 11.5 Å². The van der Waals surface area contributed by atoms with Crippen molar-refractivity contribution in [3.05, 3.63) is 60.4 Å². The monoisotopic (exact) mass is 430 g/mol. The molecule has 4 N–H and O–H groups in total. The lowest BCUT2D eigenvalue weighted by molar-refractivity contribution is -0.137. The van der Waals surface area contributed by atoms with Gasteiger partial charge in [-0.05, 0) is 41.9 Å². The molecule has 7 nitrogen and oxygen atoms in total. The Morgan fingerprint density at radius 3 is 2.43 bits per heavy atom. The van der Waals surface area contributed by atoms with Crippen molar-refractivity contribution in [1.29, 1.82) is 0 Å². The van der Waals surface area contributed by atoms with Crippen molar-refractivity contribution >= 4 is 45.0 Å². The maximum Gasteiger partial charge on any atom is 0.416 e. The van der Waals surface area contributed by atoms with Gasteiger partial charge in [0.2, 0.25) is 0 Å². The van der Waals surface area contributed by atoms with E-state index in [4.69, 9.17) is 11.5 Å². The molecule has 4 aromatic rings. The normalized spacial score (nSPS) is 11.6. The number of fused-ring (bicyclic) bond motifs is 1. The summed E-state index contributed by atoms with van der Waals surface area (Å²) in [6, 6.07) is 9.92. The number of nitrogens with two attached hydrogens (primary N) is 2. The molecule has 0 saturated heterocycles. The highest BCUT2D eigenvalue weighted by Crippen LogP contribution is 2.36. The zero-order valence-electron chi connectivity index (χ0n) is 15.1. The van der Waals surface area contributed by atoms with Crippen LogP contribution in [0.2, 0.25) is 0 Å².